The lowest BCUT2D eigenvalue weighted by molar-refractivity contribution is -0.141. The second-order valence-electron chi connectivity index (χ2n) is 3.21. The van der Waals surface area contributed by atoms with Crippen LogP contribution in [0.4, 0.5) is 8.78 Å². The number of carbonyl (C=O) groups is 1. The van der Waals surface area contributed by atoms with Gasteiger partial charge in [-0.15, -0.1) is 0 Å². The van der Waals surface area contributed by atoms with Crippen molar-refractivity contribution in [1.29, 1.82) is 0 Å². The minimum atomic E-state index is -1.11. The minimum absolute atomic E-state index is 0.0350. The number of aliphatic carboxylic acids is 1. The molecule has 0 bridgehead atoms. The van der Waals surface area contributed by atoms with E-state index in [4.69, 9.17) is 10.8 Å². The largest absolute Gasteiger partial charge is 0.481 e. The van der Waals surface area contributed by atoms with Gasteiger partial charge in [-0.25, -0.2) is 8.78 Å². The summed E-state index contributed by atoms with van der Waals surface area (Å²) in [7, 11) is 0. The van der Waals surface area contributed by atoms with Gasteiger partial charge in [0.15, 0.2) is 0 Å². The molecule has 1 aromatic carbocycles. The number of benzene rings is 1. The molecular weight excluding hydrogens is 204 g/mol. The van der Waals surface area contributed by atoms with Crippen LogP contribution < -0.4 is 5.73 Å². The maximum atomic E-state index is 13.1. The molecule has 1 atom stereocenters. The molecule has 5 heteroatoms. The molecule has 0 saturated heterocycles. The summed E-state index contributed by atoms with van der Waals surface area (Å²) < 4.78 is 25.9. The number of carboxylic acid groups (broad SMARTS) is 1. The molecule has 0 amide bonds. The fourth-order valence-corrected chi connectivity index (χ4v) is 1.24. The predicted octanol–water partition coefficient (Wildman–Crippen LogP) is 1.17. The Hall–Kier alpha value is -1.49. The van der Waals surface area contributed by atoms with Crippen LogP contribution in [0.3, 0.4) is 0 Å². The average Bonchev–Trinajstić information content (AvgIpc) is 2.18. The van der Waals surface area contributed by atoms with E-state index in [9.17, 15) is 13.6 Å². The van der Waals surface area contributed by atoms with Crippen LogP contribution in [0.2, 0.25) is 0 Å². The summed E-state index contributed by atoms with van der Waals surface area (Å²) in [5.41, 5.74) is 5.25. The molecular formula is C10H11F2NO2. The first-order valence-corrected chi connectivity index (χ1v) is 4.41. The first kappa shape index (κ1) is 11.6. The Bertz CT molecular complexity index is 368. The van der Waals surface area contributed by atoms with E-state index in [1.165, 1.54) is 0 Å². The summed E-state index contributed by atoms with van der Waals surface area (Å²) in [5.74, 6) is -3.20. The smallest absolute Gasteiger partial charge is 0.308 e. The molecule has 0 aliphatic heterocycles. The first-order valence-electron chi connectivity index (χ1n) is 4.41. The fourth-order valence-electron chi connectivity index (χ4n) is 1.24. The third-order valence-corrected chi connectivity index (χ3v) is 2.11. The highest BCUT2D eigenvalue weighted by atomic mass is 19.1. The molecule has 0 spiro atoms. The van der Waals surface area contributed by atoms with Crippen molar-refractivity contribution in [3.8, 4) is 0 Å². The van der Waals surface area contributed by atoms with Crippen LogP contribution in [0, 0.1) is 17.6 Å². The van der Waals surface area contributed by atoms with Crippen molar-refractivity contribution in [3.05, 3.63) is 35.4 Å². The van der Waals surface area contributed by atoms with Crippen molar-refractivity contribution in [2.45, 2.75) is 6.42 Å². The van der Waals surface area contributed by atoms with Gasteiger partial charge in [0.2, 0.25) is 0 Å². The second kappa shape index (κ2) is 4.84. The lowest BCUT2D eigenvalue weighted by atomic mass is 9.99. The van der Waals surface area contributed by atoms with Crippen LogP contribution in [0.25, 0.3) is 0 Å². The van der Waals surface area contributed by atoms with E-state index in [1.54, 1.807) is 0 Å². The van der Waals surface area contributed by atoms with E-state index in [1.807, 2.05) is 0 Å². The molecule has 0 fully saturated rings. The Morgan fingerprint density at radius 3 is 2.67 bits per heavy atom. The van der Waals surface area contributed by atoms with Crippen LogP contribution in [0.1, 0.15) is 5.56 Å². The zero-order valence-electron chi connectivity index (χ0n) is 7.91. The summed E-state index contributed by atoms with van der Waals surface area (Å²) in [6, 6.07) is 2.94. The molecule has 0 heterocycles. The van der Waals surface area contributed by atoms with Gasteiger partial charge in [-0.05, 0) is 30.2 Å². The number of halogens is 2. The minimum Gasteiger partial charge on any atom is -0.481 e. The second-order valence-corrected chi connectivity index (χ2v) is 3.21. The van der Waals surface area contributed by atoms with E-state index in [0.29, 0.717) is 0 Å². The summed E-state index contributed by atoms with van der Waals surface area (Å²) in [5, 5.41) is 8.70. The van der Waals surface area contributed by atoms with Gasteiger partial charge in [0.1, 0.15) is 11.6 Å². The zero-order valence-corrected chi connectivity index (χ0v) is 7.91. The SMILES string of the molecule is NCC(Cc1cc(F)ccc1F)C(=O)O. The maximum Gasteiger partial charge on any atom is 0.308 e. The van der Waals surface area contributed by atoms with Crippen molar-refractivity contribution in [3.63, 3.8) is 0 Å². The third kappa shape index (κ3) is 2.99. The Balaban J connectivity index is 2.87. The van der Waals surface area contributed by atoms with Gasteiger partial charge >= 0.3 is 5.97 Å². The van der Waals surface area contributed by atoms with Crippen LogP contribution in [-0.2, 0) is 11.2 Å². The fraction of sp³-hybridized carbons (Fsp3) is 0.300. The Morgan fingerprint density at radius 1 is 1.47 bits per heavy atom. The quantitative estimate of drug-likeness (QED) is 0.792. The molecule has 0 aliphatic rings. The molecule has 0 radical (unpaired) electrons. The molecule has 82 valence electrons. The van der Waals surface area contributed by atoms with E-state index in [2.05, 4.69) is 0 Å². The Kier molecular flexibility index (Phi) is 3.74. The number of rotatable bonds is 4. The van der Waals surface area contributed by atoms with Gasteiger partial charge in [-0.2, -0.15) is 0 Å². The number of carboxylic acids is 1. The molecule has 0 aromatic heterocycles. The summed E-state index contributed by atoms with van der Waals surface area (Å²) in [6.45, 7) is -0.106. The maximum absolute atomic E-state index is 13.1. The average molecular weight is 215 g/mol. The van der Waals surface area contributed by atoms with Crippen molar-refractivity contribution < 1.29 is 18.7 Å². The normalized spacial score (nSPS) is 12.5. The van der Waals surface area contributed by atoms with E-state index < -0.39 is 23.5 Å². The summed E-state index contributed by atoms with van der Waals surface area (Å²) in [4.78, 5) is 10.6. The molecule has 15 heavy (non-hydrogen) atoms. The Labute approximate surface area is 85.5 Å². The van der Waals surface area contributed by atoms with Crippen LogP contribution in [0.5, 0.6) is 0 Å². The van der Waals surface area contributed by atoms with Crippen molar-refractivity contribution in [2.24, 2.45) is 11.7 Å². The molecule has 1 rings (SSSR count). The van der Waals surface area contributed by atoms with Crippen LogP contribution >= 0.6 is 0 Å². The molecule has 1 unspecified atom stereocenters. The monoisotopic (exact) mass is 215 g/mol. The molecule has 0 saturated carbocycles. The lowest BCUT2D eigenvalue weighted by Gasteiger charge is -2.10. The lowest BCUT2D eigenvalue weighted by Crippen LogP contribution is -2.25. The zero-order chi connectivity index (χ0) is 11.4. The predicted molar refractivity (Wildman–Crippen MR) is 50.2 cm³/mol. The van der Waals surface area contributed by atoms with Gasteiger partial charge in [0.25, 0.3) is 0 Å². The van der Waals surface area contributed by atoms with Crippen molar-refractivity contribution in [2.75, 3.05) is 6.54 Å². The van der Waals surface area contributed by atoms with Crippen molar-refractivity contribution >= 4 is 5.97 Å². The highest BCUT2D eigenvalue weighted by molar-refractivity contribution is 5.70. The molecule has 1 aromatic rings. The first-order chi connectivity index (χ1) is 7.04. The Morgan fingerprint density at radius 2 is 2.13 bits per heavy atom. The molecule has 0 aliphatic carbocycles. The van der Waals surface area contributed by atoms with E-state index in [-0.39, 0.29) is 18.5 Å². The highest BCUT2D eigenvalue weighted by Crippen LogP contribution is 2.14. The van der Waals surface area contributed by atoms with Crippen LogP contribution in [-0.4, -0.2) is 17.6 Å². The van der Waals surface area contributed by atoms with Gasteiger partial charge in [0, 0.05) is 6.54 Å². The summed E-state index contributed by atoms with van der Waals surface area (Å²) in [6.07, 6.45) is -0.102. The standard InChI is InChI=1S/C10H11F2NO2/c11-8-1-2-9(12)6(4-8)3-7(5-13)10(14)15/h1-2,4,7H,3,5,13H2,(H,14,15). The number of nitrogens with two attached hydrogens (primary N) is 1. The van der Waals surface area contributed by atoms with E-state index in [0.717, 1.165) is 18.2 Å². The summed E-state index contributed by atoms with van der Waals surface area (Å²) >= 11 is 0. The van der Waals surface area contributed by atoms with Gasteiger partial charge in [0.05, 0.1) is 5.92 Å². The third-order valence-electron chi connectivity index (χ3n) is 2.11. The van der Waals surface area contributed by atoms with Gasteiger partial charge < -0.3 is 10.8 Å². The highest BCUT2D eigenvalue weighted by Gasteiger charge is 2.18. The van der Waals surface area contributed by atoms with Crippen molar-refractivity contribution in [1.82, 2.24) is 0 Å². The molecule has 3 N–H and O–H groups in total. The molecule has 3 nitrogen and oxygen atoms in total. The van der Waals surface area contributed by atoms with Gasteiger partial charge in [-0.3, -0.25) is 4.79 Å². The van der Waals surface area contributed by atoms with Crippen LogP contribution in [0.15, 0.2) is 18.2 Å². The van der Waals surface area contributed by atoms with Gasteiger partial charge in [-0.1, -0.05) is 0 Å². The van der Waals surface area contributed by atoms with E-state index >= 15 is 0 Å². The topological polar surface area (TPSA) is 63.3 Å². The number of hydrogen-bond donors (Lipinski definition) is 2. The number of hydrogen-bond acceptors (Lipinski definition) is 2.